The summed E-state index contributed by atoms with van der Waals surface area (Å²) in [6.45, 7) is 0. The van der Waals surface area contributed by atoms with Gasteiger partial charge in [-0.3, -0.25) is 10.1 Å². The van der Waals surface area contributed by atoms with Gasteiger partial charge in [-0.05, 0) is 18.2 Å². The van der Waals surface area contributed by atoms with Crippen LogP contribution in [0.4, 0.5) is 27.4 Å². The predicted octanol–water partition coefficient (Wildman–Crippen LogP) is 2.03. The second-order valence-corrected chi connectivity index (χ2v) is 3.86. The molecule has 1 aromatic heterocycles. The number of anilines is 3. The van der Waals surface area contributed by atoms with Crippen molar-refractivity contribution in [3.05, 3.63) is 51.8 Å². The molecule has 0 aliphatic carbocycles. The number of rotatable bonds is 4. The summed E-state index contributed by atoms with van der Waals surface area (Å²) in [6.07, 6.45) is 0. The van der Waals surface area contributed by atoms with E-state index in [4.69, 9.17) is 11.1 Å². The summed E-state index contributed by atoms with van der Waals surface area (Å²) in [5, 5.41) is 22.5. The van der Waals surface area contributed by atoms with Crippen LogP contribution in [0.3, 0.4) is 0 Å². The molecule has 8 nitrogen and oxygen atoms in total. The zero-order valence-corrected chi connectivity index (χ0v) is 10.5. The van der Waals surface area contributed by atoms with Gasteiger partial charge in [0.2, 0.25) is 5.82 Å². The Kier molecular flexibility index (Phi) is 3.92. The first-order chi connectivity index (χ1) is 10.1. The zero-order chi connectivity index (χ0) is 15.4. The van der Waals surface area contributed by atoms with E-state index in [9.17, 15) is 14.5 Å². The van der Waals surface area contributed by atoms with Crippen LogP contribution in [0, 0.1) is 27.3 Å². The van der Waals surface area contributed by atoms with Crippen LogP contribution in [0.25, 0.3) is 0 Å². The Balaban J connectivity index is 2.51. The SMILES string of the molecule is N#Cc1c(F)cccc1Nc1nc(NN)ccc1[N+](=O)[O-]. The molecule has 0 atom stereocenters. The number of pyridine rings is 1. The molecule has 2 rings (SSSR count). The van der Waals surface area contributed by atoms with Gasteiger partial charge in [-0.25, -0.2) is 15.2 Å². The number of hydrogen-bond acceptors (Lipinski definition) is 7. The highest BCUT2D eigenvalue weighted by molar-refractivity contribution is 5.71. The molecule has 9 heteroatoms. The first-order valence-corrected chi connectivity index (χ1v) is 5.64. The van der Waals surface area contributed by atoms with Crippen LogP contribution in [0.15, 0.2) is 30.3 Å². The van der Waals surface area contributed by atoms with E-state index in [1.165, 1.54) is 24.3 Å². The minimum absolute atomic E-state index is 0.0715. The molecule has 0 amide bonds. The summed E-state index contributed by atoms with van der Waals surface area (Å²) in [5.41, 5.74) is 1.72. The van der Waals surface area contributed by atoms with Crippen molar-refractivity contribution in [1.29, 1.82) is 5.26 Å². The molecular weight excluding hydrogens is 279 g/mol. The third-order valence-corrected chi connectivity index (χ3v) is 2.60. The van der Waals surface area contributed by atoms with Gasteiger partial charge in [0, 0.05) is 6.07 Å². The molecule has 1 heterocycles. The first-order valence-electron chi connectivity index (χ1n) is 5.64. The molecule has 0 unspecified atom stereocenters. The number of nitriles is 1. The van der Waals surface area contributed by atoms with Gasteiger partial charge in [0.25, 0.3) is 0 Å². The smallest absolute Gasteiger partial charge is 0.311 e. The summed E-state index contributed by atoms with van der Waals surface area (Å²) >= 11 is 0. The van der Waals surface area contributed by atoms with Crippen LogP contribution in [0.5, 0.6) is 0 Å². The number of nitrogens with zero attached hydrogens (tertiary/aromatic N) is 3. The highest BCUT2D eigenvalue weighted by Crippen LogP contribution is 2.29. The number of aromatic nitrogens is 1. The molecule has 0 bridgehead atoms. The van der Waals surface area contributed by atoms with E-state index in [0.29, 0.717) is 0 Å². The van der Waals surface area contributed by atoms with Gasteiger partial charge >= 0.3 is 5.69 Å². The Bertz CT molecular complexity index is 743. The monoisotopic (exact) mass is 288 g/mol. The van der Waals surface area contributed by atoms with E-state index in [-0.39, 0.29) is 28.6 Å². The van der Waals surface area contributed by atoms with Crippen molar-refractivity contribution in [2.45, 2.75) is 0 Å². The van der Waals surface area contributed by atoms with Crippen molar-refractivity contribution in [1.82, 2.24) is 4.98 Å². The Morgan fingerprint density at radius 3 is 2.76 bits per heavy atom. The molecule has 1 aromatic carbocycles. The Morgan fingerprint density at radius 2 is 2.14 bits per heavy atom. The maximum Gasteiger partial charge on any atom is 0.311 e. The summed E-state index contributed by atoms with van der Waals surface area (Å²) in [6, 6.07) is 8.09. The van der Waals surface area contributed by atoms with Crippen molar-refractivity contribution in [2.24, 2.45) is 5.84 Å². The fourth-order valence-electron chi connectivity index (χ4n) is 1.64. The van der Waals surface area contributed by atoms with Gasteiger partial charge in [-0.2, -0.15) is 5.26 Å². The number of nitrogens with two attached hydrogens (primary N) is 1. The molecule has 0 saturated carbocycles. The van der Waals surface area contributed by atoms with E-state index in [1.54, 1.807) is 6.07 Å². The molecule has 2 aromatic rings. The van der Waals surface area contributed by atoms with Crippen LogP contribution in [-0.2, 0) is 0 Å². The topological polar surface area (TPSA) is 130 Å². The lowest BCUT2D eigenvalue weighted by atomic mass is 10.2. The van der Waals surface area contributed by atoms with Gasteiger partial charge in [0.05, 0.1) is 10.6 Å². The molecule has 0 spiro atoms. The zero-order valence-electron chi connectivity index (χ0n) is 10.5. The highest BCUT2D eigenvalue weighted by atomic mass is 19.1. The van der Waals surface area contributed by atoms with Crippen LogP contribution < -0.4 is 16.6 Å². The van der Waals surface area contributed by atoms with Crippen molar-refractivity contribution < 1.29 is 9.31 Å². The molecular formula is C12H9FN6O2. The summed E-state index contributed by atoms with van der Waals surface area (Å²) in [4.78, 5) is 14.2. The molecule has 0 fully saturated rings. The minimum atomic E-state index is -0.738. The Hall–Kier alpha value is -3.25. The van der Waals surface area contributed by atoms with Gasteiger partial charge in [0.1, 0.15) is 23.3 Å². The molecule has 0 aliphatic rings. The van der Waals surface area contributed by atoms with E-state index < -0.39 is 10.7 Å². The summed E-state index contributed by atoms with van der Waals surface area (Å²) in [5.74, 6) is 4.48. The number of hydrogen-bond donors (Lipinski definition) is 3. The van der Waals surface area contributed by atoms with E-state index >= 15 is 0 Å². The van der Waals surface area contributed by atoms with Crippen LogP contribution in [0.2, 0.25) is 0 Å². The lowest BCUT2D eigenvalue weighted by Crippen LogP contribution is -2.10. The lowest BCUT2D eigenvalue weighted by molar-refractivity contribution is -0.384. The molecule has 106 valence electrons. The third kappa shape index (κ3) is 2.85. The average molecular weight is 288 g/mol. The summed E-state index contributed by atoms with van der Waals surface area (Å²) in [7, 11) is 0. The van der Waals surface area contributed by atoms with E-state index in [2.05, 4.69) is 15.7 Å². The van der Waals surface area contributed by atoms with Gasteiger partial charge in [-0.15, -0.1) is 0 Å². The minimum Gasteiger partial charge on any atom is -0.333 e. The molecule has 4 N–H and O–H groups in total. The summed E-state index contributed by atoms with van der Waals surface area (Å²) < 4.78 is 13.5. The lowest BCUT2D eigenvalue weighted by Gasteiger charge is -2.09. The number of benzene rings is 1. The van der Waals surface area contributed by atoms with Crippen LogP contribution >= 0.6 is 0 Å². The van der Waals surface area contributed by atoms with Gasteiger partial charge in [-0.1, -0.05) is 6.07 Å². The average Bonchev–Trinajstić information content (AvgIpc) is 2.47. The normalized spacial score (nSPS) is 9.76. The Labute approximate surface area is 118 Å². The van der Waals surface area contributed by atoms with Crippen molar-refractivity contribution in [3.63, 3.8) is 0 Å². The van der Waals surface area contributed by atoms with Gasteiger partial charge in [0.15, 0.2) is 0 Å². The fourth-order valence-corrected chi connectivity index (χ4v) is 1.64. The Morgan fingerprint density at radius 1 is 1.38 bits per heavy atom. The van der Waals surface area contributed by atoms with Gasteiger partial charge < -0.3 is 10.7 Å². The molecule has 21 heavy (non-hydrogen) atoms. The van der Waals surface area contributed by atoms with E-state index in [0.717, 1.165) is 6.07 Å². The number of halogens is 1. The van der Waals surface area contributed by atoms with Crippen LogP contribution in [-0.4, -0.2) is 9.91 Å². The van der Waals surface area contributed by atoms with E-state index in [1.807, 2.05) is 0 Å². The van der Waals surface area contributed by atoms with Crippen molar-refractivity contribution in [3.8, 4) is 6.07 Å². The number of nitrogens with one attached hydrogen (secondary N) is 2. The van der Waals surface area contributed by atoms with Crippen molar-refractivity contribution in [2.75, 3.05) is 10.7 Å². The maximum absolute atomic E-state index is 13.5. The molecule has 0 aliphatic heterocycles. The second-order valence-electron chi connectivity index (χ2n) is 3.86. The second kappa shape index (κ2) is 5.81. The predicted molar refractivity (Wildman–Crippen MR) is 73.1 cm³/mol. The quantitative estimate of drug-likeness (QED) is 0.445. The standard InChI is InChI=1S/C12H9FN6O2/c13-8-2-1-3-9(7(8)6-14)16-12-10(19(20)21)4-5-11(17-12)18-15/h1-5H,15H2,(H2,16,17,18). The first kappa shape index (κ1) is 14.2. The molecule has 0 saturated heterocycles. The highest BCUT2D eigenvalue weighted by Gasteiger charge is 2.18. The third-order valence-electron chi connectivity index (χ3n) is 2.60. The fraction of sp³-hybridized carbons (Fsp3) is 0. The largest absolute Gasteiger partial charge is 0.333 e. The maximum atomic E-state index is 13.5. The number of hydrazine groups is 1. The number of nitrogen functional groups attached to an aromatic ring is 1. The number of nitro groups is 1. The van der Waals surface area contributed by atoms with Crippen LogP contribution in [0.1, 0.15) is 5.56 Å². The van der Waals surface area contributed by atoms with Crippen molar-refractivity contribution >= 4 is 23.0 Å². The molecule has 0 radical (unpaired) electrons.